The Morgan fingerprint density at radius 2 is 1.53 bits per heavy atom. The van der Waals surface area contributed by atoms with E-state index in [4.69, 9.17) is 0 Å². The summed E-state index contributed by atoms with van der Waals surface area (Å²) < 4.78 is 1.71. The van der Waals surface area contributed by atoms with E-state index in [9.17, 15) is 9.59 Å². The maximum absolute atomic E-state index is 13.3. The molecule has 4 heteroatoms. The van der Waals surface area contributed by atoms with Gasteiger partial charge in [0.2, 0.25) is 5.78 Å². The van der Waals surface area contributed by atoms with Crippen molar-refractivity contribution in [1.82, 2.24) is 9.38 Å². The van der Waals surface area contributed by atoms with Gasteiger partial charge in [0.05, 0.1) is 16.9 Å². The quantitative estimate of drug-likeness (QED) is 0.376. The first-order valence-electron chi connectivity index (χ1n) is 9.73. The van der Waals surface area contributed by atoms with Crippen LogP contribution in [0.15, 0.2) is 91.3 Å². The standard InChI is InChI=1S/C26H18N2O2/c1-17(29)22-14-25(26(30)21-12-11-18-7-5-6-10-20(18)13-21)28-16-27-23(15-24(22)28)19-8-3-2-4-9-19/h2-16H,1H3. The summed E-state index contributed by atoms with van der Waals surface area (Å²) in [5, 5.41) is 2.08. The SMILES string of the molecule is CC(=O)c1cc(C(=O)c2ccc3ccccc3c2)n2cnc(-c3ccccc3)cc12. The highest BCUT2D eigenvalue weighted by atomic mass is 16.1. The second kappa shape index (κ2) is 7.08. The molecule has 144 valence electrons. The van der Waals surface area contributed by atoms with E-state index in [1.54, 1.807) is 16.8 Å². The van der Waals surface area contributed by atoms with Gasteiger partial charge < -0.3 is 0 Å². The van der Waals surface area contributed by atoms with Gasteiger partial charge in [-0.15, -0.1) is 0 Å². The van der Waals surface area contributed by atoms with E-state index in [0.29, 0.717) is 22.3 Å². The third-order valence-electron chi connectivity index (χ3n) is 5.35. The molecule has 0 spiro atoms. The Morgan fingerprint density at radius 3 is 2.30 bits per heavy atom. The van der Waals surface area contributed by atoms with Crippen LogP contribution in [0, 0.1) is 0 Å². The first-order chi connectivity index (χ1) is 14.6. The Balaban J connectivity index is 1.66. The number of hydrogen-bond acceptors (Lipinski definition) is 3. The molecule has 0 radical (unpaired) electrons. The largest absolute Gasteiger partial charge is 0.296 e. The number of hydrogen-bond donors (Lipinski definition) is 0. The van der Waals surface area contributed by atoms with Gasteiger partial charge in [0.25, 0.3) is 0 Å². The number of benzene rings is 3. The van der Waals surface area contributed by atoms with E-state index >= 15 is 0 Å². The summed E-state index contributed by atoms with van der Waals surface area (Å²) in [5.74, 6) is -0.229. The molecule has 0 saturated carbocycles. The number of carbonyl (C=O) groups is 2. The summed E-state index contributed by atoms with van der Waals surface area (Å²) in [5.41, 5.74) is 3.92. The summed E-state index contributed by atoms with van der Waals surface area (Å²) in [4.78, 5) is 30.2. The molecule has 5 aromatic rings. The number of nitrogens with zero attached hydrogens (tertiary/aromatic N) is 2. The highest BCUT2D eigenvalue weighted by Crippen LogP contribution is 2.25. The summed E-state index contributed by atoms with van der Waals surface area (Å²) in [6.45, 7) is 1.52. The molecule has 0 unspecified atom stereocenters. The van der Waals surface area contributed by atoms with Gasteiger partial charge in [0.1, 0.15) is 6.33 Å². The Labute approximate surface area is 173 Å². The fourth-order valence-electron chi connectivity index (χ4n) is 3.80. The van der Waals surface area contributed by atoms with Crippen LogP contribution in [-0.4, -0.2) is 21.0 Å². The van der Waals surface area contributed by atoms with E-state index in [1.165, 1.54) is 6.92 Å². The van der Waals surface area contributed by atoms with Crippen LogP contribution in [0.25, 0.3) is 27.5 Å². The molecule has 0 saturated heterocycles. The van der Waals surface area contributed by atoms with E-state index in [0.717, 1.165) is 22.0 Å². The van der Waals surface area contributed by atoms with Crippen LogP contribution >= 0.6 is 0 Å². The molecule has 0 aliphatic heterocycles. The normalized spacial score (nSPS) is 11.1. The van der Waals surface area contributed by atoms with Crippen molar-refractivity contribution in [3.63, 3.8) is 0 Å². The number of fused-ring (bicyclic) bond motifs is 2. The maximum atomic E-state index is 13.3. The van der Waals surface area contributed by atoms with Gasteiger partial charge in [0.15, 0.2) is 5.78 Å². The van der Waals surface area contributed by atoms with Gasteiger partial charge >= 0.3 is 0 Å². The average molecular weight is 390 g/mol. The summed E-state index contributed by atoms with van der Waals surface area (Å²) >= 11 is 0. The predicted octanol–water partition coefficient (Wildman–Crippen LogP) is 5.59. The minimum Gasteiger partial charge on any atom is -0.296 e. The van der Waals surface area contributed by atoms with Crippen molar-refractivity contribution in [1.29, 1.82) is 0 Å². The van der Waals surface area contributed by atoms with Gasteiger partial charge in [-0.2, -0.15) is 0 Å². The number of ketones is 2. The van der Waals surface area contributed by atoms with Crippen molar-refractivity contribution >= 4 is 27.9 Å². The van der Waals surface area contributed by atoms with Crippen molar-refractivity contribution in [2.24, 2.45) is 0 Å². The third-order valence-corrected chi connectivity index (χ3v) is 5.35. The van der Waals surface area contributed by atoms with Crippen molar-refractivity contribution in [2.45, 2.75) is 6.92 Å². The molecule has 0 fully saturated rings. The lowest BCUT2D eigenvalue weighted by Gasteiger charge is -2.06. The van der Waals surface area contributed by atoms with Crippen LogP contribution in [0.4, 0.5) is 0 Å². The van der Waals surface area contributed by atoms with Crippen molar-refractivity contribution in [2.75, 3.05) is 0 Å². The highest BCUT2D eigenvalue weighted by Gasteiger charge is 2.20. The molecule has 0 aliphatic carbocycles. The van der Waals surface area contributed by atoms with Crippen LogP contribution in [0.1, 0.15) is 33.3 Å². The average Bonchev–Trinajstić information content (AvgIpc) is 3.18. The predicted molar refractivity (Wildman–Crippen MR) is 118 cm³/mol. The Morgan fingerprint density at radius 1 is 0.800 bits per heavy atom. The zero-order valence-corrected chi connectivity index (χ0v) is 16.4. The molecule has 2 aromatic heterocycles. The zero-order valence-electron chi connectivity index (χ0n) is 16.4. The minimum atomic E-state index is -0.141. The molecule has 0 bridgehead atoms. The highest BCUT2D eigenvalue weighted by molar-refractivity contribution is 6.13. The number of rotatable bonds is 4. The third kappa shape index (κ3) is 2.99. The lowest BCUT2D eigenvalue weighted by atomic mass is 10.0. The van der Waals surface area contributed by atoms with Gasteiger partial charge in [-0.25, -0.2) is 4.98 Å². The fourth-order valence-corrected chi connectivity index (χ4v) is 3.80. The molecule has 5 rings (SSSR count). The van der Waals surface area contributed by atoms with Crippen LogP contribution in [-0.2, 0) is 0 Å². The lowest BCUT2D eigenvalue weighted by molar-refractivity contribution is 0.101. The van der Waals surface area contributed by atoms with Crippen LogP contribution in [0.3, 0.4) is 0 Å². The number of Topliss-reactive ketones (excluding diaryl/α,β-unsaturated/α-hetero) is 1. The fraction of sp³-hybridized carbons (Fsp3) is 0.0385. The maximum Gasteiger partial charge on any atom is 0.209 e. The molecule has 3 aromatic carbocycles. The first kappa shape index (κ1) is 18.0. The minimum absolute atomic E-state index is 0.0877. The van der Waals surface area contributed by atoms with Crippen molar-refractivity contribution in [3.05, 3.63) is 108 Å². The number of aromatic nitrogens is 2. The second-order valence-corrected chi connectivity index (χ2v) is 7.29. The van der Waals surface area contributed by atoms with Gasteiger partial charge in [-0.1, -0.05) is 66.7 Å². The Hall–Kier alpha value is -4.05. The molecule has 0 aliphatic rings. The zero-order chi connectivity index (χ0) is 20.7. The number of carbonyl (C=O) groups excluding carboxylic acids is 2. The van der Waals surface area contributed by atoms with E-state index in [2.05, 4.69) is 4.98 Å². The van der Waals surface area contributed by atoms with E-state index in [1.807, 2.05) is 78.9 Å². The van der Waals surface area contributed by atoms with Gasteiger partial charge in [0, 0.05) is 16.7 Å². The molecule has 30 heavy (non-hydrogen) atoms. The summed E-state index contributed by atoms with van der Waals surface area (Å²) in [6.07, 6.45) is 1.62. The van der Waals surface area contributed by atoms with Gasteiger partial charge in [-0.05, 0) is 35.9 Å². The van der Waals surface area contributed by atoms with Gasteiger partial charge in [-0.3, -0.25) is 14.0 Å². The first-order valence-corrected chi connectivity index (χ1v) is 9.73. The van der Waals surface area contributed by atoms with Crippen LogP contribution in [0.5, 0.6) is 0 Å². The van der Waals surface area contributed by atoms with Crippen LogP contribution in [0.2, 0.25) is 0 Å². The van der Waals surface area contributed by atoms with Crippen molar-refractivity contribution < 1.29 is 9.59 Å². The Bertz CT molecular complexity index is 1430. The molecular weight excluding hydrogens is 372 g/mol. The lowest BCUT2D eigenvalue weighted by Crippen LogP contribution is -2.05. The second-order valence-electron chi connectivity index (χ2n) is 7.29. The smallest absolute Gasteiger partial charge is 0.209 e. The van der Waals surface area contributed by atoms with Crippen LogP contribution < -0.4 is 0 Å². The summed E-state index contributed by atoms with van der Waals surface area (Å²) in [6, 6.07) is 26.9. The summed E-state index contributed by atoms with van der Waals surface area (Å²) in [7, 11) is 0. The molecule has 0 amide bonds. The molecular formula is C26H18N2O2. The molecule has 0 atom stereocenters. The van der Waals surface area contributed by atoms with E-state index < -0.39 is 0 Å². The molecule has 0 N–H and O–H groups in total. The topological polar surface area (TPSA) is 51.4 Å². The van der Waals surface area contributed by atoms with E-state index in [-0.39, 0.29) is 11.6 Å². The monoisotopic (exact) mass is 390 g/mol. The molecule has 4 nitrogen and oxygen atoms in total. The molecule has 2 heterocycles. The Kier molecular flexibility index (Phi) is 4.25. The van der Waals surface area contributed by atoms with Crippen molar-refractivity contribution in [3.8, 4) is 11.3 Å².